The van der Waals surface area contributed by atoms with Crippen LogP contribution in [0.1, 0.15) is 52.5 Å². The second kappa shape index (κ2) is 8.73. The summed E-state index contributed by atoms with van der Waals surface area (Å²) in [6.45, 7) is 10.2. The predicted octanol–water partition coefficient (Wildman–Crippen LogP) is 4.03. The standard InChI is InChI=1S/C21H30N4O3/c1-15(18-23-24-19(27-18)17-8-6-5-7-9-17)25-12-10-16(11-13-25)14-22-20(26)28-21(2,3)4/h5-9,15-16H,10-14H2,1-4H3,(H,22,26). The van der Waals surface area contributed by atoms with E-state index in [0.717, 1.165) is 31.5 Å². The van der Waals surface area contributed by atoms with Crippen LogP contribution in [0.15, 0.2) is 34.7 Å². The summed E-state index contributed by atoms with van der Waals surface area (Å²) in [6.07, 6.45) is 1.68. The average molecular weight is 386 g/mol. The molecule has 152 valence electrons. The van der Waals surface area contributed by atoms with Crippen molar-refractivity contribution < 1.29 is 13.9 Å². The van der Waals surface area contributed by atoms with E-state index in [1.807, 2.05) is 51.1 Å². The maximum Gasteiger partial charge on any atom is 0.407 e. The lowest BCUT2D eigenvalue weighted by Gasteiger charge is -2.34. The maximum absolute atomic E-state index is 11.8. The number of rotatable bonds is 5. The van der Waals surface area contributed by atoms with E-state index in [-0.39, 0.29) is 12.1 Å². The molecule has 7 nitrogen and oxygen atoms in total. The minimum absolute atomic E-state index is 0.0738. The Morgan fingerprint density at radius 2 is 1.93 bits per heavy atom. The van der Waals surface area contributed by atoms with Crippen LogP contribution in [0.4, 0.5) is 4.79 Å². The van der Waals surface area contributed by atoms with Crippen LogP contribution in [0, 0.1) is 5.92 Å². The number of aromatic nitrogens is 2. The van der Waals surface area contributed by atoms with E-state index >= 15 is 0 Å². The maximum atomic E-state index is 11.8. The van der Waals surface area contributed by atoms with Gasteiger partial charge in [-0.3, -0.25) is 4.90 Å². The summed E-state index contributed by atoms with van der Waals surface area (Å²) in [5.74, 6) is 1.65. The van der Waals surface area contributed by atoms with E-state index in [9.17, 15) is 4.79 Å². The molecule has 0 aliphatic carbocycles. The zero-order valence-electron chi connectivity index (χ0n) is 17.1. The van der Waals surface area contributed by atoms with Gasteiger partial charge in [0.2, 0.25) is 11.8 Å². The lowest BCUT2D eigenvalue weighted by molar-refractivity contribution is 0.0504. The molecule has 1 fully saturated rings. The Balaban J connectivity index is 1.47. The van der Waals surface area contributed by atoms with Gasteiger partial charge < -0.3 is 14.5 Å². The fraction of sp³-hybridized carbons (Fsp3) is 0.571. The van der Waals surface area contributed by atoms with Crippen molar-refractivity contribution in [1.82, 2.24) is 20.4 Å². The van der Waals surface area contributed by atoms with E-state index in [2.05, 4.69) is 27.3 Å². The average Bonchev–Trinajstić information content (AvgIpc) is 3.16. The minimum atomic E-state index is -0.467. The normalized spacial score (nSPS) is 17.3. The molecule has 0 radical (unpaired) electrons. The second-order valence-electron chi connectivity index (χ2n) is 8.35. The van der Waals surface area contributed by atoms with Crippen LogP contribution in [0.25, 0.3) is 11.5 Å². The first-order chi connectivity index (χ1) is 13.3. The molecule has 28 heavy (non-hydrogen) atoms. The Labute approximate surface area is 166 Å². The van der Waals surface area contributed by atoms with E-state index in [0.29, 0.717) is 24.2 Å². The zero-order chi connectivity index (χ0) is 20.1. The number of hydrogen-bond acceptors (Lipinski definition) is 6. The molecule has 1 unspecified atom stereocenters. The molecule has 0 spiro atoms. The van der Waals surface area contributed by atoms with E-state index in [1.54, 1.807) is 0 Å². The summed E-state index contributed by atoms with van der Waals surface area (Å²) >= 11 is 0. The third-order valence-corrected chi connectivity index (χ3v) is 4.95. The summed E-state index contributed by atoms with van der Waals surface area (Å²) < 4.78 is 11.2. The molecule has 1 atom stereocenters. The Morgan fingerprint density at radius 1 is 1.25 bits per heavy atom. The molecule has 2 aromatic rings. The number of hydrogen-bond donors (Lipinski definition) is 1. The first-order valence-corrected chi connectivity index (χ1v) is 9.91. The quantitative estimate of drug-likeness (QED) is 0.835. The van der Waals surface area contributed by atoms with Gasteiger partial charge in [0, 0.05) is 12.1 Å². The van der Waals surface area contributed by atoms with Crippen LogP contribution in [-0.2, 0) is 4.74 Å². The highest BCUT2D eigenvalue weighted by Gasteiger charge is 2.27. The van der Waals surface area contributed by atoms with Gasteiger partial charge in [-0.1, -0.05) is 18.2 Å². The summed E-state index contributed by atoms with van der Waals surface area (Å²) in [7, 11) is 0. The smallest absolute Gasteiger partial charge is 0.407 e. The second-order valence-corrected chi connectivity index (χ2v) is 8.35. The predicted molar refractivity (Wildman–Crippen MR) is 107 cm³/mol. The molecular weight excluding hydrogens is 356 g/mol. The molecule has 1 aromatic carbocycles. The lowest BCUT2D eigenvalue weighted by Crippen LogP contribution is -2.41. The van der Waals surface area contributed by atoms with Crippen LogP contribution in [0.2, 0.25) is 0 Å². The number of carbonyl (C=O) groups excluding carboxylic acids is 1. The van der Waals surface area contributed by atoms with Gasteiger partial charge in [0.05, 0.1) is 6.04 Å². The molecule has 7 heteroatoms. The Bertz CT molecular complexity index is 761. The highest BCUT2D eigenvalue weighted by atomic mass is 16.6. The number of carbonyl (C=O) groups is 1. The fourth-order valence-corrected chi connectivity index (χ4v) is 3.34. The number of nitrogens with zero attached hydrogens (tertiary/aromatic N) is 3. The van der Waals surface area contributed by atoms with Crippen LogP contribution in [-0.4, -0.2) is 46.4 Å². The van der Waals surface area contributed by atoms with Crippen molar-refractivity contribution in [1.29, 1.82) is 0 Å². The number of likely N-dealkylation sites (tertiary alicyclic amines) is 1. The van der Waals surface area contributed by atoms with Gasteiger partial charge in [-0.15, -0.1) is 10.2 Å². The topological polar surface area (TPSA) is 80.5 Å². The monoisotopic (exact) mass is 386 g/mol. The number of benzene rings is 1. The SMILES string of the molecule is CC(c1nnc(-c2ccccc2)o1)N1CCC(CNC(=O)OC(C)(C)C)CC1. The number of alkyl carbamates (subject to hydrolysis) is 1. The van der Waals surface area contributed by atoms with Crippen molar-refractivity contribution in [2.45, 2.75) is 52.2 Å². The lowest BCUT2D eigenvalue weighted by atomic mass is 9.96. The molecule has 1 N–H and O–H groups in total. The molecule has 1 aromatic heterocycles. The van der Waals surface area contributed by atoms with Crippen molar-refractivity contribution in [2.75, 3.05) is 19.6 Å². The van der Waals surface area contributed by atoms with Crippen molar-refractivity contribution in [3.8, 4) is 11.5 Å². The number of piperidine rings is 1. The molecule has 0 saturated carbocycles. The van der Waals surface area contributed by atoms with Crippen LogP contribution in [0.5, 0.6) is 0 Å². The zero-order valence-corrected chi connectivity index (χ0v) is 17.1. The van der Waals surface area contributed by atoms with Gasteiger partial charge >= 0.3 is 6.09 Å². The largest absolute Gasteiger partial charge is 0.444 e. The van der Waals surface area contributed by atoms with Crippen LogP contribution >= 0.6 is 0 Å². The summed E-state index contributed by atoms with van der Waals surface area (Å²) in [5.41, 5.74) is 0.464. The Hall–Kier alpha value is -2.41. The highest BCUT2D eigenvalue weighted by molar-refractivity contribution is 5.67. The molecule has 1 amide bonds. The third kappa shape index (κ3) is 5.55. The molecule has 3 rings (SSSR count). The van der Waals surface area contributed by atoms with Gasteiger partial charge in [0.15, 0.2) is 0 Å². The molecule has 0 bridgehead atoms. The molecule has 1 aliphatic heterocycles. The van der Waals surface area contributed by atoms with Gasteiger partial charge in [0.1, 0.15) is 5.60 Å². The number of nitrogens with one attached hydrogen (secondary N) is 1. The fourth-order valence-electron chi connectivity index (χ4n) is 3.34. The van der Waals surface area contributed by atoms with E-state index < -0.39 is 5.60 Å². The van der Waals surface area contributed by atoms with E-state index in [1.165, 1.54) is 0 Å². The minimum Gasteiger partial charge on any atom is -0.444 e. The summed E-state index contributed by atoms with van der Waals surface area (Å²) in [5, 5.41) is 11.3. The molecular formula is C21H30N4O3. The number of ether oxygens (including phenoxy) is 1. The van der Waals surface area contributed by atoms with Gasteiger partial charge in [0.25, 0.3) is 0 Å². The Kier molecular flexibility index (Phi) is 6.34. The molecule has 1 aliphatic rings. The first kappa shape index (κ1) is 20.3. The molecule has 2 heterocycles. The third-order valence-electron chi connectivity index (χ3n) is 4.95. The Morgan fingerprint density at radius 3 is 2.57 bits per heavy atom. The van der Waals surface area contributed by atoms with E-state index in [4.69, 9.17) is 9.15 Å². The highest BCUT2D eigenvalue weighted by Crippen LogP contribution is 2.27. The van der Waals surface area contributed by atoms with Crippen molar-refractivity contribution >= 4 is 6.09 Å². The van der Waals surface area contributed by atoms with Gasteiger partial charge in [-0.25, -0.2) is 4.79 Å². The molecule has 1 saturated heterocycles. The summed E-state index contributed by atoms with van der Waals surface area (Å²) in [6, 6.07) is 9.88. The van der Waals surface area contributed by atoms with Crippen LogP contribution in [0.3, 0.4) is 0 Å². The first-order valence-electron chi connectivity index (χ1n) is 9.91. The number of amides is 1. The van der Waals surface area contributed by atoms with Crippen molar-refractivity contribution in [3.63, 3.8) is 0 Å². The van der Waals surface area contributed by atoms with Gasteiger partial charge in [-0.2, -0.15) is 0 Å². The van der Waals surface area contributed by atoms with Crippen molar-refractivity contribution in [3.05, 3.63) is 36.2 Å². The van der Waals surface area contributed by atoms with Crippen LogP contribution < -0.4 is 5.32 Å². The van der Waals surface area contributed by atoms with Gasteiger partial charge in [-0.05, 0) is 71.7 Å². The van der Waals surface area contributed by atoms with Crippen molar-refractivity contribution in [2.24, 2.45) is 5.92 Å². The summed E-state index contributed by atoms with van der Waals surface area (Å²) in [4.78, 5) is 14.2.